The quantitative estimate of drug-likeness (QED) is 0.658. The van der Waals surface area contributed by atoms with E-state index in [2.05, 4.69) is 5.32 Å². The van der Waals surface area contributed by atoms with Crippen LogP contribution in [-0.4, -0.2) is 30.1 Å². The van der Waals surface area contributed by atoms with Crippen LogP contribution in [0.25, 0.3) is 0 Å². The number of rotatable bonds is 2. The number of halogens is 2. The summed E-state index contributed by atoms with van der Waals surface area (Å²) in [6.07, 6.45) is 0. The molecule has 21 heavy (non-hydrogen) atoms. The summed E-state index contributed by atoms with van der Waals surface area (Å²) in [7, 11) is 3.14. The molecule has 0 spiro atoms. The van der Waals surface area contributed by atoms with Gasteiger partial charge in [0, 0.05) is 12.7 Å². The van der Waals surface area contributed by atoms with Crippen LogP contribution in [0.15, 0.2) is 29.5 Å². The van der Waals surface area contributed by atoms with Gasteiger partial charge in [-0.1, -0.05) is 29.3 Å². The Morgan fingerprint density at radius 1 is 1.38 bits per heavy atom. The number of methoxy groups -OCH3 is 1. The Morgan fingerprint density at radius 2 is 2.05 bits per heavy atom. The molecule has 0 saturated carbocycles. The number of benzene rings is 1. The molecule has 0 amide bonds. The summed E-state index contributed by atoms with van der Waals surface area (Å²) in [5.41, 5.74) is 2.02. The van der Waals surface area contributed by atoms with Crippen molar-refractivity contribution < 1.29 is 9.53 Å². The van der Waals surface area contributed by atoms with Gasteiger partial charge in [0.1, 0.15) is 0 Å². The highest BCUT2D eigenvalue weighted by molar-refractivity contribution is 7.80. The summed E-state index contributed by atoms with van der Waals surface area (Å²) < 4.78 is 4.88. The minimum Gasteiger partial charge on any atom is -0.466 e. The number of thiocarbonyl (C=S) groups is 1. The smallest absolute Gasteiger partial charge is 0.337 e. The molecule has 4 nitrogen and oxygen atoms in total. The Morgan fingerprint density at radius 3 is 2.62 bits per heavy atom. The van der Waals surface area contributed by atoms with Crippen LogP contribution in [0.5, 0.6) is 0 Å². The van der Waals surface area contributed by atoms with Crippen molar-refractivity contribution in [1.29, 1.82) is 0 Å². The Bertz CT molecular complexity index is 646. The lowest BCUT2D eigenvalue weighted by Gasteiger charge is -2.35. The van der Waals surface area contributed by atoms with Crippen LogP contribution in [0.2, 0.25) is 10.0 Å². The number of nitrogens with zero attached hydrogens (tertiary/aromatic N) is 1. The van der Waals surface area contributed by atoms with Crippen molar-refractivity contribution in [1.82, 2.24) is 10.2 Å². The summed E-state index contributed by atoms with van der Waals surface area (Å²) in [5.74, 6) is -0.412. The molecule has 0 radical (unpaired) electrons. The number of ether oxygens (including phenoxy) is 1. The van der Waals surface area contributed by atoms with Gasteiger partial charge in [-0.15, -0.1) is 0 Å². The second-order valence-electron chi connectivity index (χ2n) is 4.61. The monoisotopic (exact) mass is 344 g/mol. The Labute approximate surface area is 138 Å². The molecule has 1 aromatic rings. The minimum atomic E-state index is -0.420. The maximum atomic E-state index is 12.1. The number of carbonyl (C=O) groups is 1. The maximum absolute atomic E-state index is 12.1. The Balaban J connectivity index is 2.56. The number of hydrogen-bond donors (Lipinski definition) is 1. The molecule has 0 unspecified atom stereocenters. The summed E-state index contributed by atoms with van der Waals surface area (Å²) in [4.78, 5) is 13.8. The van der Waals surface area contributed by atoms with Gasteiger partial charge in [0.25, 0.3) is 0 Å². The molecule has 0 aliphatic carbocycles. The van der Waals surface area contributed by atoms with Crippen LogP contribution < -0.4 is 5.32 Å². The van der Waals surface area contributed by atoms with Gasteiger partial charge in [0.15, 0.2) is 5.11 Å². The van der Waals surface area contributed by atoms with Gasteiger partial charge in [0.2, 0.25) is 0 Å². The van der Waals surface area contributed by atoms with E-state index in [1.165, 1.54) is 7.11 Å². The minimum absolute atomic E-state index is 0.412. The molecule has 0 bridgehead atoms. The molecule has 1 aromatic carbocycles. The Kier molecular flexibility index (Phi) is 4.76. The third kappa shape index (κ3) is 3.00. The van der Waals surface area contributed by atoms with E-state index in [0.717, 1.165) is 11.3 Å². The molecule has 0 saturated heterocycles. The van der Waals surface area contributed by atoms with E-state index < -0.39 is 12.0 Å². The SMILES string of the molecule is COC(=O)C1=C(C)N(C)C(=S)N[C@@H]1c1ccc(Cl)c(Cl)c1. The maximum Gasteiger partial charge on any atom is 0.337 e. The lowest BCUT2D eigenvalue weighted by Crippen LogP contribution is -2.46. The van der Waals surface area contributed by atoms with E-state index in [1.807, 2.05) is 6.92 Å². The van der Waals surface area contributed by atoms with Crippen molar-refractivity contribution in [2.75, 3.05) is 14.2 Å². The van der Waals surface area contributed by atoms with E-state index >= 15 is 0 Å². The van der Waals surface area contributed by atoms with Crippen molar-refractivity contribution in [2.24, 2.45) is 0 Å². The zero-order chi connectivity index (χ0) is 15.7. The van der Waals surface area contributed by atoms with Gasteiger partial charge in [0.05, 0.1) is 28.8 Å². The van der Waals surface area contributed by atoms with Crippen molar-refractivity contribution in [3.8, 4) is 0 Å². The standard InChI is InChI=1S/C14H14Cl2N2O2S/c1-7-11(13(19)20-3)12(17-14(21)18(7)2)8-4-5-9(15)10(16)6-8/h4-6,12H,1-3H3,(H,17,21)/t12-/m1/s1. The second-order valence-corrected chi connectivity index (χ2v) is 5.81. The number of carbonyl (C=O) groups excluding carboxylic acids is 1. The molecule has 2 rings (SSSR count). The molecule has 0 aromatic heterocycles. The number of esters is 1. The normalized spacial score (nSPS) is 18.6. The van der Waals surface area contributed by atoms with E-state index in [-0.39, 0.29) is 0 Å². The first-order valence-corrected chi connectivity index (χ1v) is 7.31. The molecule has 7 heteroatoms. The number of allylic oxidation sites excluding steroid dienone is 1. The van der Waals surface area contributed by atoms with Gasteiger partial charge in [-0.3, -0.25) is 0 Å². The van der Waals surface area contributed by atoms with Gasteiger partial charge >= 0.3 is 5.97 Å². The van der Waals surface area contributed by atoms with E-state index in [1.54, 1.807) is 30.1 Å². The van der Waals surface area contributed by atoms with Crippen molar-refractivity contribution >= 4 is 46.5 Å². The predicted octanol–water partition coefficient (Wildman–Crippen LogP) is 3.30. The van der Waals surface area contributed by atoms with Crippen LogP contribution in [0.3, 0.4) is 0 Å². The van der Waals surface area contributed by atoms with E-state index in [0.29, 0.717) is 20.7 Å². The first-order chi connectivity index (χ1) is 9.86. The van der Waals surface area contributed by atoms with Gasteiger partial charge < -0.3 is 15.0 Å². The van der Waals surface area contributed by atoms with Crippen molar-refractivity contribution in [3.63, 3.8) is 0 Å². The van der Waals surface area contributed by atoms with Gasteiger partial charge in [-0.25, -0.2) is 4.79 Å². The van der Waals surface area contributed by atoms with Crippen LogP contribution in [0.4, 0.5) is 0 Å². The van der Waals surface area contributed by atoms with E-state index in [9.17, 15) is 4.79 Å². The molecular formula is C14H14Cl2N2O2S. The summed E-state index contributed by atoms with van der Waals surface area (Å²) >= 11 is 17.3. The largest absolute Gasteiger partial charge is 0.466 e. The zero-order valence-corrected chi connectivity index (χ0v) is 14.1. The van der Waals surface area contributed by atoms with Gasteiger partial charge in [-0.05, 0) is 36.8 Å². The van der Waals surface area contributed by atoms with Crippen molar-refractivity contribution in [2.45, 2.75) is 13.0 Å². The highest BCUT2D eigenvalue weighted by Gasteiger charge is 2.33. The number of hydrogen-bond acceptors (Lipinski definition) is 3. The third-order valence-electron chi connectivity index (χ3n) is 3.44. The average Bonchev–Trinajstić information content (AvgIpc) is 2.46. The van der Waals surface area contributed by atoms with Crippen LogP contribution in [-0.2, 0) is 9.53 Å². The first kappa shape index (κ1) is 16.1. The molecule has 0 fully saturated rings. The van der Waals surface area contributed by atoms with Gasteiger partial charge in [-0.2, -0.15) is 0 Å². The summed E-state index contributed by atoms with van der Waals surface area (Å²) in [5, 5.41) is 4.52. The first-order valence-electron chi connectivity index (χ1n) is 6.15. The second kappa shape index (κ2) is 6.22. The zero-order valence-electron chi connectivity index (χ0n) is 11.7. The topological polar surface area (TPSA) is 41.6 Å². The molecule has 1 N–H and O–H groups in total. The lowest BCUT2D eigenvalue weighted by atomic mass is 9.95. The predicted molar refractivity (Wildman–Crippen MR) is 87.4 cm³/mol. The lowest BCUT2D eigenvalue weighted by molar-refractivity contribution is -0.136. The number of nitrogens with one attached hydrogen (secondary N) is 1. The molecule has 1 aliphatic rings. The highest BCUT2D eigenvalue weighted by atomic mass is 35.5. The van der Waals surface area contributed by atoms with Crippen LogP contribution in [0.1, 0.15) is 18.5 Å². The van der Waals surface area contributed by atoms with Crippen LogP contribution in [0, 0.1) is 0 Å². The molecule has 112 valence electrons. The molecular weight excluding hydrogens is 331 g/mol. The fraction of sp³-hybridized carbons (Fsp3) is 0.286. The summed E-state index contributed by atoms with van der Waals surface area (Å²) in [6.45, 7) is 1.82. The fourth-order valence-electron chi connectivity index (χ4n) is 2.15. The van der Waals surface area contributed by atoms with E-state index in [4.69, 9.17) is 40.2 Å². The fourth-order valence-corrected chi connectivity index (χ4v) is 2.71. The highest BCUT2D eigenvalue weighted by Crippen LogP contribution is 2.33. The summed E-state index contributed by atoms with van der Waals surface area (Å²) in [6, 6.07) is 4.78. The van der Waals surface area contributed by atoms with Crippen LogP contribution >= 0.6 is 35.4 Å². The third-order valence-corrected chi connectivity index (χ3v) is 4.57. The molecule has 1 heterocycles. The molecule has 1 atom stereocenters. The van der Waals surface area contributed by atoms with Crippen molar-refractivity contribution in [3.05, 3.63) is 45.1 Å². The Hall–Kier alpha value is -1.30. The molecule has 1 aliphatic heterocycles. The average molecular weight is 345 g/mol.